The second-order valence-corrected chi connectivity index (χ2v) is 16.2. The molecule has 0 aromatic rings. The number of nitrogens with zero attached hydrogens (tertiary/aromatic N) is 3. The Morgan fingerprint density at radius 1 is 0.600 bits per heavy atom. The van der Waals surface area contributed by atoms with Gasteiger partial charge < -0.3 is 79.8 Å². The molecule has 8 N–H and O–H groups in total. The summed E-state index contributed by atoms with van der Waals surface area (Å²) in [7, 11) is 4.31. The molecule has 0 saturated carbocycles. The van der Waals surface area contributed by atoms with Gasteiger partial charge in [-0.25, -0.2) is 9.13 Å². The lowest BCUT2D eigenvalue weighted by Gasteiger charge is -2.27. The number of hydrogen-bond acceptors (Lipinski definition) is 12. The second-order valence-electron chi connectivity index (χ2n) is 12.3. The van der Waals surface area contributed by atoms with E-state index in [1.165, 1.54) is 0 Å². The van der Waals surface area contributed by atoms with Gasteiger partial charge in [0.1, 0.15) is 45.6 Å². The number of aliphatic hydroxyl groups excluding tert-OH is 4. The van der Waals surface area contributed by atoms with Gasteiger partial charge in [-0.15, -0.1) is 0 Å². The van der Waals surface area contributed by atoms with Crippen LogP contribution in [0.5, 0.6) is 0 Å². The Morgan fingerprint density at radius 3 is 1.09 bits per heavy atom. The van der Waals surface area contributed by atoms with Gasteiger partial charge in [0.2, 0.25) is 0 Å². The number of phosphoric ester groups is 3. The normalized spacial score (nSPS) is 15.0. The largest absolute Gasteiger partial charge is 1.00 e. The molecule has 3 atom stereocenters. The summed E-state index contributed by atoms with van der Waals surface area (Å²) in [6.07, 6.45) is -1.09. The van der Waals surface area contributed by atoms with Crippen molar-refractivity contribution in [3.05, 3.63) is 0 Å². The summed E-state index contributed by atoms with van der Waals surface area (Å²) in [6, 6.07) is 0. The van der Waals surface area contributed by atoms with E-state index in [4.69, 9.17) is 40.0 Å². The van der Waals surface area contributed by atoms with Gasteiger partial charge in [-0.05, 0) is 6.42 Å². The zero-order valence-corrected chi connectivity index (χ0v) is 31.6. The molecule has 0 aliphatic heterocycles. The molecule has 0 aliphatic rings. The van der Waals surface area contributed by atoms with Crippen molar-refractivity contribution in [1.29, 1.82) is 0 Å². The first-order valence-corrected chi connectivity index (χ1v) is 17.9. The molecule has 0 amide bonds. The van der Waals surface area contributed by atoms with Gasteiger partial charge in [0.05, 0.1) is 89.4 Å². The summed E-state index contributed by atoms with van der Waals surface area (Å²) in [5, 5.41) is 33.8. The van der Waals surface area contributed by atoms with Gasteiger partial charge in [-0.3, -0.25) is 13.6 Å². The number of rotatable bonds is 18. The molecule has 0 saturated heterocycles. The van der Waals surface area contributed by atoms with Crippen molar-refractivity contribution in [1.82, 2.24) is 0 Å². The average Bonchev–Trinajstić information content (AvgIpc) is 2.79. The van der Waals surface area contributed by atoms with Crippen molar-refractivity contribution in [3.8, 4) is 0 Å². The van der Waals surface area contributed by atoms with Crippen LogP contribution in [0.1, 0.15) is 13.3 Å². The van der Waals surface area contributed by atoms with Crippen molar-refractivity contribution in [3.63, 3.8) is 0 Å². The van der Waals surface area contributed by atoms with Crippen LogP contribution >= 0.6 is 23.5 Å². The van der Waals surface area contributed by atoms with E-state index in [2.05, 4.69) is 18.1 Å². The van der Waals surface area contributed by atoms with E-state index in [9.17, 15) is 18.6 Å². The highest BCUT2D eigenvalue weighted by atomic mass is 35.5. The molecular weight excluding hydrogens is 691 g/mol. The van der Waals surface area contributed by atoms with Crippen molar-refractivity contribution < 1.29 is 103 Å². The minimum Gasteiger partial charge on any atom is -1.00 e. The van der Waals surface area contributed by atoms with Gasteiger partial charge in [0, 0.05) is 0 Å². The topological polar surface area (TPSA) is 273 Å². The van der Waals surface area contributed by atoms with E-state index in [1.54, 1.807) is 0 Å². The highest BCUT2D eigenvalue weighted by Crippen LogP contribution is 2.38. The summed E-state index contributed by atoms with van der Waals surface area (Å²) < 4.78 is 50.7. The van der Waals surface area contributed by atoms with Gasteiger partial charge in [-0.1, -0.05) is 6.92 Å². The summed E-state index contributed by atoms with van der Waals surface area (Å²) in [6.45, 7) is 2.48. The molecular formula is C22H60ClN3O16P3+. The smallest absolute Gasteiger partial charge is 0.469 e. The molecule has 0 radical (unpaired) electrons. The number of aliphatic hydroxyl groups is 4. The Bertz CT molecular complexity index is 803. The molecule has 0 aromatic carbocycles. The summed E-state index contributed by atoms with van der Waals surface area (Å²) in [5.41, 5.74) is 0. The maximum absolute atomic E-state index is 11.1. The van der Waals surface area contributed by atoms with E-state index >= 15 is 0 Å². The van der Waals surface area contributed by atoms with E-state index < -0.39 is 48.9 Å². The maximum atomic E-state index is 11.1. The van der Waals surface area contributed by atoms with Gasteiger partial charge >= 0.3 is 15.6 Å². The first-order valence-electron chi connectivity index (χ1n) is 13.4. The Morgan fingerprint density at radius 2 is 0.889 bits per heavy atom. The summed E-state index contributed by atoms with van der Waals surface area (Å²) in [4.78, 5) is 44.3. The molecule has 0 aromatic heterocycles. The van der Waals surface area contributed by atoms with E-state index in [0.29, 0.717) is 39.5 Å². The number of phosphoric acid groups is 3. The van der Waals surface area contributed by atoms with Crippen molar-refractivity contribution in [2.24, 2.45) is 0 Å². The van der Waals surface area contributed by atoms with Crippen LogP contribution in [0.25, 0.3) is 0 Å². The third-order valence-electron chi connectivity index (χ3n) is 4.37. The SMILES string of the molecule is CCC(O)CO.C[N+](C)(C)CCOP(=O)(O)O.C[N+](C)(C)CCOP(=O)(O)O.C[N+](C)(C)CCOP(=O)([O-])OCC(O)CO.[Cl-]. The minimum atomic E-state index is -4.38. The minimum absolute atomic E-state index is 0. The summed E-state index contributed by atoms with van der Waals surface area (Å²) in [5.74, 6) is 0. The highest BCUT2D eigenvalue weighted by Gasteiger charge is 2.17. The van der Waals surface area contributed by atoms with Crippen LogP contribution < -0.4 is 17.3 Å². The predicted octanol–water partition coefficient (Wildman–Crippen LogP) is -5.10. The van der Waals surface area contributed by atoms with E-state index in [0.717, 1.165) is 0 Å². The number of quaternary nitrogens is 3. The van der Waals surface area contributed by atoms with Gasteiger partial charge in [0.15, 0.2) is 0 Å². The molecule has 0 bridgehead atoms. The van der Waals surface area contributed by atoms with Crippen LogP contribution in [0.15, 0.2) is 0 Å². The third kappa shape index (κ3) is 60.2. The Labute approximate surface area is 274 Å². The fourth-order valence-electron chi connectivity index (χ4n) is 1.69. The molecule has 0 fully saturated rings. The van der Waals surface area contributed by atoms with Crippen molar-refractivity contribution >= 4 is 23.5 Å². The molecule has 19 nitrogen and oxygen atoms in total. The predicted molar refractivity (Wildman–Crippen MR) is 161 cm³/mol. The first-order chi connectivity index (χ1) is 19.4. The summed E-state index contributed by atoms with van der Waals surface area (Å²) >= 11 is 0. The van der Waals surface area contributed by atoms with Crippen LogP contribution in [0.2, 0.25) is 0 Å². The van der Waals surface area contributed by atoms with Crippen LogP contribution in [0.4, 0.5) is 0 Å². The molecule has 3 unspecified atom stereocenters. The first kappa shape index (κ1) is 54.8. The molecule has 0 rings (SSSR count). The monoisotopic (exact) mass is 750 g/mol. The Balaban J connectivity index is -0.000000164. The number of halogens is 1. The number of likely N-dealkylation sites (N-methyl/N-ethyl adjacent to an activating group) is 3. The van der Waals surface area contributed by atoms with Crippen molar-refractivity contribution in [2.45, 2.75) is 25.6 Å². The lowest BCUT2D eigenvalue weighted by Crippen LogP contribution is -3.00. The van der Waals surface area contributed by atoms with Gasteiger partial charge in [0.25, 0.3) is 7.82 Å². The molecule has 0 aliphatic carbocycles. The van der Waals surface area contributed by atoms with E-state index in [1.807, 2.05) is 70.4 Å². The van der Waals surface area contributed by atoms with Crippen LogP contribution in [0, 0.1) is 0 Å². The maximum Gasteiger partial charge on any atom is 0.469 e. The molecule has 23 heteroatoms. The van der Waals surface area contributed by atoms with E-state index in [-0.39, 0.29) is 38.8 Å². The fraction of sp³-hybridized carbons (Fsp3) is 1.00. The molecule has 0 spiro atoms. The standard InChI is InChI=1S/C8H20NO6P.2C5H14NO4P.C4H10O2.ClH/c1-9(2,3)4-5-14-16(12,13)15-7-8(11)6-10;2*1-6(2,3)4-5-10-11(7,8)9;1-2-4(6)3-5;/h8,10-11H,4-7H2,1-3H3;2*4-5H2,1-3H3,(H-,7,8,9);4-6H,2-3H2,1H3;1H/p+1. The Kier molecular flexibility index (Phi) is 31.9. The van der Waals surface area contributed by atoms with Crippen LogP contribution in [-0.2, 0) is 31.8 Å². The zero-order chi connectivity index (χ0) is 36.1. The van der Waals surface area contributed by atoms with Crippen LogP contribution in [0.3, 0.4) is 0 Å². The van der Waals surface area contributed by atoms with Crippen LogP contribution in [-0.4, -0.2) is 188 Å². The lowest BCUT2D eigenvalue weighted by molar-refractivity contribution is -0.870. The zero-order valence-electron chi connectivity index (χ0n) is 28.1. The lowest BCUT2D eigenvalue weighted by atomic mass is 10.3. The van der Waals surface area contributed by atoms with Crippen molar-refractivity contribution in [2.75, 3.05) is 123 Å². The molecule has 0 heterocycles. The number of hydrogen-bond donors (Lipinski definition) is 8. The average molecular weight is 751 g/mol. The quantitative estimate of drug-likeness (QED) is 0.0481. The molecule has 280 valence electrons. The second kappa shape index (κ2) is 26.2. The highest BCUT2D eigenvalue weighted by molar-refractivity contribution is 7.46. The van der Waals surface area contributed by atoms with Gasteiger partial charge in [-0.2, -0.15) is 0 Å². The Hall–Kier alpha value is 0.340. The fourth-order valence-corrected chi connectivity index (χ4v) is 3.06. The molecule has 45 heavy (non-hydrogen) atoms. The third-order valence-corrected chi connectivity index (χ3v) is 6.37.